The molecule has 0 atom stereocenters. The zero-order valence-corrected chi connectivity index (χ0v) is 16.8. The molecule has 25 heavy (non-hydrogen) atoms. The van der Waals surface area contributed by atoms with Gasteiger partial charge in [-0.2, -0.15) is 0 Å². The van der Waals surface area contributed by atoms with Crippen molar-refractivity contribution >= 4 is 16.5 Å². The minimum absolute atomic E-state index is 0.984. The summed E-state index contributed by atoms with van der Waals surface area (Å²) in [6.07, 6.45) is 14.1. The molecule has 2 aromatic carbocycles. The highest BCUT2D eigenvalue weighted by atomic mass is 15.3. The Balaban J connectivity index is 1.71. The van der Waals surface area contributed by atoms with Crippen LogP contribution in [0.1, 0.15) is 71.1 Å². The molecule has 0 aliphatic heterocycles. The van der Waals surface area contributed by atoms with Gasteiger partial charge in [0.25, 0.3) is 0 Å². The summed E-state index contributed by atoms with van der Waals surface area (Å²) in [6.45, 7) is 3.52. The zero-order chi connectivity index (χ0) is 18.0. The maximum absolute atomic E-state index is 2.36. The fraction of sp³-hybridized carbons (Fsp3) is 0.583. The van der Waals surface area contributed by atoms with Crippen molar-refractivity contribution in [1.82, 2.24) is 4.48 Å². The van der Waals surface area contributed by atoms with Crippen LogP contribution in [0.2, 0.25) is 0 Å². The topological polar surface area (TPSA) is 0 Å². The molecule has 1 nitrogen and oxygen atoms in total. The van der Waals surface area contributed by atoms with E-state index in [0.29, 0.717) is 0 Å². The minimum atomic E-state index is 0.984. The summed E-state index contributed by atoms with van der Waals surface area (Å²) in [7, 11) is 4.71. The summed E-state index contributed by atoms with van der Waals surface area (Å²) in [5, 5.41) is 2.76. The lowest BCUT2D eigenvalue weighted by molar-refractivity contribution is 0.383. The highest BCUT2D eigenvalue weighted by molar-refractivity contribution is 5.93. The predicted molar refractivity (Wildman–Crippen MR) is 114 cm³/mol. The van der Waals surface area contributed by atoms with Gasteiger partial charge >= 0.3 is 0 Å². The summed E-state index contributed by atoms with van der Waals surface area (Å²) in [6, 6.07) is 15.5. The largest absolute Gasteiger partial charge is 0.295 e. The van der Waals surface area contributed by atoms with E-state index in [4.69, 9.17) is 0 Å². The van der Waals surface area contributed by atoms with E-state index < -0.39 is 0 Å². The maximum atomic E-state index is 2.36. The van der Waals surface area contributed by atoms with Crippen molar-refractivity contribution in [3.8, 4) is 0 Å². The van der Waals surface area contributed by atoms with Crippen LogP contribution in [0.25, 0.3) is 10.8 Å². The first-order valence-electron chi connectivity index (χ1n) is 10.5. The molecule has 1 heteroatoms. The van der Waals surface area contributed by atoms with Gasteiger partial charge in [0.05, 0.1) is 20.6 Å². The molecule has 0 saturated heterocycles. The number of rotatable bonds is 12. The molecule has 0 aliphatic rings. The smallest absolute Gasteiger partial charge is 0.140 e. The number of hydrogen-bond donors (Lipinski definition) is 0. The molecular formula is C24H38N+. The molecule has 0 radical (unpaired) electrons. The van der Waals surface area contributed by atoms with Gasteiger partial charge in [-0.15, -0.1) is 0 Å². The quantitative estimate of drug-likeness (QED) is 0.280. The Morgan fingerprint density at radius 1 is 0.640 bits per heavy atom. The monoisotopic (exact) mass is 340 g/mol. The predicted octanol–water partition coefficient (Wildman–Crippen LogP) is 7.33. The average molecular weight is 341 g/mol. The molecule has 138 valence electrons. The summed E-state index contributed by atoms with van der Waals surface area (Å²) >= 11 is 0. The lowest BCUT2D eigenvalue weighted by atomic mass is 10.0. The molecule has 0 aliphatic carbocycles. The van der Waals surface area contributed by atoms with Crippen LogP contribution in [0.3, 0.4) is 0 Å². The third kappa shape index (κ3) is 6.47. The van der Waals surface area contributed by atoms with Crippen molar-refractivity contribution in [2.24, 2.45) is 0 Å². The molecule has 0 fully saturated rings. The lowest BCUT2D eigenvalue weighted by Gasteiger charge is -2.30. The van der Waals surface area contributed by atoms with Crippen LogP contribution in [0.15, 0.2) is 42.5 Å². The van der Waals surface area contributed by atoms with Crippen molar-refractivity contribution in [3.05, 3.63) is 42.5 Å². The molecule has 0 heterocycles. The molecule has 0 saturated carbocycles. The third-order valence-corrected chi connectivity index (χ3v) is 5.49. The molecular weight excluding hydrogens is 302 g/mol. The number of unbranched alkanes of at least 4 members (excludes halogenated alkanes) is 9. The van der Waals surface area contributed by atoms with Crippen molar-refractivity contribution in [2.45, 2.75) is 71.1 Å². The van der Waals surface area contributed by atoms with Gasteiger partial charge < -0.3 is 0 Å². The standard InChI is InChI=1S/C24H38N/c1-4-5-6-7-8-9-10-11-12-15-21-25(2,3)24-20-16-18-22-17-13-14-19-23(22)24/h13-14,16-20H,4-12,15,21H2,1-3H3/q+1. The van der Waals surface area contributed by atoms with Gasteiger partial charge in [0, 0.05) is 5.39 Å². The van der Waals surface area contributed by atoms with E-state index in [2.05, 4.69) is 63.5 Å². The molecule has 2 aromatic rings. The molecule has 0 aromatic heterocycles. The Labute approximate surface area is 155 Å². The fourth-order valence-electron chi connectivity index (χ4n) is 3.85. The number of quaternary nitrogens is 1. The van der Waals surface area contributed by atoms with Crippen molar-refractivity contribution in [2.75, 3.05) is 20.6 Å². The van der Waals surface area contributed by atoms with E-state index in [1.165, 1.54) is 87.2 Å². The van der Waals surface area contributed by atoms with Crippen molar-refractivity contribution in [1.29, 1.82) is 0 Å². The molecule has 0 amide bonds. The van der Waals surface area contributed by atoms with Gasteiger partial charge in [0.2, 0.25) is 0 Å². The Kier molecular flexibility index (Phi) is 8.48. The van der Waals surface area contributed by atoms with E-state index >= 15 is 0 Å². The van der Waals surface area contributed by atoms with Crippen LogP contribution in [-0.2, 0) is 0 Å². The van der Waals surface area contributed by atoms with Gasteiger partial charge in [-0.05, 0) is 30.4 Å². The Hall–Kier alpha value is -1.34. The SMILES string of the molecule is CCCCCCCCCCCC[N+](C)(C)c1cccc2ccccc12. The van der Waals surface area contributed by atoms with E-state index in [-0.39, 0.29) is 0 Å². The number of hydrogen-bond acceptors (Lipinski definition) is 0. The Bertz CT molecular complexity index is 609. The first kappa shape index (κ1) is 20.0. The Morgan fingerprint density at radius 3 is 1.88 bits per heavy atom. The van der Waals surface area contributed by atoms with Crippen LogP contribution in [0.5, 0.6) is 0 Å². The normalized spacial score (nSPS) is 12.0. The summed E-state index contributed by atoms with van der Waals surface area (Å²) in [5.74, 6) is 0. The van der Waals surface area contributed by atoms with Gasteiger partial charge in [-0.3, -0.25) is 4.48 Å². The number of fused-ring (bicyclic) bond motifs is 1. The zero-order valence-electron chi connectivity index (χ0n) is 16.8. The maximum Gasteiger partial charge on any atom is 0.140 e. The van der Waals surface area contributed by atoms with Crippen LogP contribution in [0.4, 0.5) is 5.69 Å². The van der Waals surface area contributed by atoms with Gasteiger partial charge in [-0.25, -0.2) is 0 Å². The first-order valence-corrected chi connectivity index (χ1v) is 10.5. The fourth-order valence-corrected chi connectivity index (χ4v) is 3.85. The van der Waals surface area contributed by atoms with E-state index in [9.17, 15) is 0 Å². The third-order valence-electron chi connectivity index (χ3n) is 5.49. The average Bonchev–Trinajstić information content (AvgIpc) is 2.62. The van der Waals surface area contributed by atoms with Gasteiger partial charge in [-0.1, -0.05) is 88.6 Å². The van der Waals surface area contributed by atoms with E-state index in [0.717, 1.165) is 4.48 Å². The summed E-state index contributed by atoms with van der Waals surface area (Å²) in [5.41, 5.74) is 1.45. The van der Waals surface area contributed by atoms with Crippen LogP contribution < -0.4 is 4.48 Å². The number of benzene rings is 2. The second-order valence-corrected chi connectivity index (χ2v) is 8.09. The molecule has 0 unspecified atom stereocenters. The highest BCUT2D eigenvalue weighted by Crippen LogP contribution is 2.29. The molecule has 2 rings (SSSR count). The summed E-state index contributed by atoms with van der Waals surface area (Å²) in [4.78, 5) is 0. The second-order valence-electron chi connectivity index (χ2n) is 8.09. The Morgan fingerprint density at radius 2 is 1.20 bits per heavy atom. The number of nitrogens with zero attached hydrogens (tertiary/aromatic N) is 1. The summed E-state index contributed by atoms with van der Waals surface area (Å²) < 4.78 is 0.984. The van der Waals surface area contributed by atoms with E-state index in [1.54, 1.807) is 0 Å². The minimum Gasteiger partial charge on any atom is -0.295 e. The first-order chi connectivity index (χ1) is 12.1. The van der Waals surface area contributed by atoms with Crippen LogP contribution >= 0.6 is 0 Å². The van der Waals surface area contributed by atoms with Gasteiger partial charge in [0.15, 0.2) is 0 Å². The molecule has 0 N–H and O–H groups in total. The highest BCUT2D eigenvalue weighted by Gasteiger charge is 2.20. The second kappa shape index (κ2) is 10.6. The lowest BCUT2D eigenvalue weighted by Crippen LogP contribution is -2.41. The van der Waals surface area contributed by atoms with E-state index in [1.807, 2.05) is 0 Å². The van der Waals surface area contributed by atoms with Crippen molar-refractivity contribution in [3.63, 3.8) is 0 Å². The van der Waals surface area contributed by atoms with Gasteiger partial charge in [0.1, 0.15) is 5.69 Å². The molecule has 0 bridgehead atoms. The molecule has 0 spiro atoms. The van der Waals surface area contributed by atoms with Crippen molar-refractivity contribution < 1.29 is 0 Å². The van der Waals surface area contributed by atoms with Crippen LogP contribution in [-0.4, -0.2) is 20.6 Å². The van der Waals surface area contributed by atoms with Crippen LogP contribution in [0, 0.1) is 0 Å².